The van der Waals surface area contributed by atoms with Crippen LogP contribution in [0, 0.1) is 0 Å². The Balaban J connectivity index is 1.95. The van der Waals surface area contributed by atoms with Crippen molar-refractivity contribution in [2.45, 2.75) is 31.8 Å². The van der Waals surface area contributed by atoms with Gasteiger partial charge in [-0.25, -0.2) is 4.79 Å². The predicted octanol–water partition coefficient (Wildman–Crippen LogP) is 0.180. The van der Waals surface area contributed by atoms with Crippen LogP contribution in [-0.2, 0) is 33.3 Å². The van der Waals surface area contributed by atoms with Crippen LogP contribution in [0.3, 0.4) is 0 Å². The number of esters is 1. The molecule has 1 atom stereocenters. The van der Waals surface area contributed by atoms with Gasteiger partial charge in [0.25, 0.3) is 10.2 Å². The van der Waals surface area contributed by atoms with Gasteiger partial charge in [0, 0.05) is 31.9 Å². The van der Waals surface area contributed by atoms with E-state index in [2.05, 4.69) is 5.10 Å². The molecule has 1 aromatic rings. The van der Waals surface area contributed by atoms with Crippen LogP contribution in [0.2, 0.25) is 0 Å². The van der Waals surface area contributed by atoms with Crippen molar-refractivity contribution in [3.8, 4) is 0 Å². The van der Waals surface area contributed by atoms with Crippen LogP contribution in [-0.4, -0.2) is 53.0 Å². The van der Waals surface area contributed by atoms with Crippen LogP contribution in [0.1, 0.15) is 36.6 Å². The first-order valence-corrected chi connectivity index (χ1v) is 8.72. The number of aromatic nitrogens is 2. The van der Waals surface area contributed by atoms with Crippen LogP contribution in [0.15, 0.2) is 6.20 Å². The molecule has 0 aliphatic carbocycles. The monoisotopic (exact) mass is 328 g/mol. The molecule has 3 heterocycles. The van der Waals surface area contributed by atoms with E-state index in [0.29, 0.717) is 24.3 Å². The van der Waals surface area contributed by atoms with E-state index in [4.69, 9.17) is 4.74 Å². The maximum Gasteiger partial charge on any atom is 0.328 e. The smallest absolute Gasteiger partial charge is 0.328 e. The van der Waals surface area contributed by atoms with Crippen molar-refractivity contribution in [3.63, 3.8) is 0 Å². The Labute approximate surface area is 129 Å². The number of rotatable bonds is 3. The lowest BCUT2D eigenvalue weighted by molar-refractivity contribution is -0.145. The third-order valence-corrected chi connectivity index (χ3v) is 6.14. The van der Waals surface area contributed by atoms with Crippen molar-refractivity contribution < 1.29 is 17.9 Å². The molecule has 8 nitrogen and oxygen atoms in total. The van der Waals surface area contributed by atoms with Gasteiger partial charge in [-0.3, -0.25) is 4.68 Å². The predicted molar refractivity (Wildman–Crippen MR) is 77.9 cm³/mol. The second-order valence-corrected chi connectivity index (χ2v) is 7.52. The topological polar surface area (TPSA) is 84.7 Å². The van der Waals surface area contributed by atoms with E-state index in [9.17, 15) is 13.2 Å². The third-order valence-electron chi connectivity index (χ3n) is 4.19. The van der Waals surface area contributed by atoms with Crippen molar-refractivity contribution in [2.24, 2.45) is 7.05 Å². The minimum absolute atomic E-state index is 0.106. The standard InChI is InChI=1S/C13H20N4O4S/c1-15-8-10-11(14-15)9-17(12(10)13(18)21-2)22(19,20)16-6-4-3-5-7-16/h8,12H,3-7,9H2,1-2H3. The van der Waals surface area contributed by atoms with Crippen molar-refractivity contribution in [2.75, 3.05) is 20.2 Å². The van der Waals surface area contributed by atoms with E-state index in [-0.39, 0.29) is 6.54 Å². The van der Waals surface area contributed by atoms with Gasteiger partial charge in [0.1, 0.15) is 0 Å². The molecule has 0 radical (unpaired) electrons. The molecule has 3 rings (SSSR count). The van der Waals surface area contributed by atoms with E-state index in [0.717, 1.165) is 19.3 Å². The fraction of sp³-hybridized carbons (Fsp3) is 0.692. The zero-order valence-electron chi connectivity index (χ0n) is 12.7. The molecule has 2 aliphatic heterocycles. The quantitative estimate of drug-likeness (QED) is 0.739. The number of piperidine rings is 1. The van der Waals surface area contributed by atoms with E-state index in [1.807, 2.05) is 0 Å². The summed E-state index contributed by atoms with van der Waals surface area (Å²) in [5.41, 5.74) is 1.22. The van der Waals surface area contributed by atoms with Crippen LogP contribution in [0.5, 0.6) is 0 Å². The second kappa shape index (κ2) is 5.64. The number of ether oxygens (including phenoxy) is 1. The number of nitrogens with zero attached hydrogens (tertiary/aromatic N) is 4. The van der Waals surface area contributed by atoms with E-state index >= 15 is 0 Å². The van der Waals surface area contributed by atoms with Crippen molar-refractivity contribution in [3.05, 3.63) is 17.5 Å². The van der Waals surface area contributed by atoms with E-state index in [1.165, 1.54) is 15.7 Å². The Morgan fingerprint density at radius 2 is 2.00 bits per heavy atom. The lowest BCUT2D eigenvalue weighted by Crippen LogP contribution is -2.46. The van der Waals surface area contributed by atoms with Crippen LogP contribution in [0.25, 0.3) is 0 Å². The Hall–Kier alpha value is -1.45. The number of aryl methyl sites for hydroxylation is 1. The number of fused-ring (bicyclic) bond motifs is 1. The van der Waals surface area contributed by atoms with Gasteiger partial charge >= 0.3 is 5.97 Å². The highest BCUT2D eigenvalue weighted by Gasteiger charge is 2.47. The molecule has 0 saturated carbocycles. The molecule has 0 N–H and O–H groups in total. The summed E-state index contributed by atoms with van der Waals surface area (Å²) in [6, 6.07) is -0.944. The molecule has 1 aromatic heterocycles. The van der Waals surface area contributed by atoms with Gasteiger partial charge in [0.2, 0.25) is 0 Å². The summed E-state index contributed by atoms with van der Waals surface area (Å²) in [6.45, 7) is 1.10. The van der Waals surface area contributed by atoms with Gasteiger partial charge in [-0.2, -0.15) is 22.1 Å². The Bertz CT molecular complexity index is 678. The SMILES string of the molecule is COC(=O)C1c2cn(C)nc2CN1S(=O)(=O)N1CCCCC1. The van der Waals surface area contributed by atoms with Crippen LogP contribution < -0.4 is 0 Å². The summed E-state index contributed by atoms with van der Waals surface area (Å²) in [6.07, 6.45) is 4.42. The minimum Gasteiger partial charge on any atom is -0.468 e. The third kappa shape index (κ3) is 2.42. The fourth-order valence-electron chi connectivity index (χ4n) is 3.11. The first-order chi connectivity index (χ1) is 10.4. The summed E-state index contributed by atoms with van der Waals surface area (Å²) in [7, 11) is -0.687. The summed E-state index contributed by atoms with van der Waals surface area (Å²) < 4.78 is 34.8. The molecule has 2 aliphatic rings. The van der Waals surface area contributed by atoms with Crippen molar-refractivity contribution in [1.82, 2.24) is 18.4 Å². The molecule has 1 saturated heterocycles. The molecule has 0 aromatic carbocycles. The first-order valence-electron chi connectivity index (χ1n) is 7.32. The number of carbonyl (C=O) groups is 1. The van der Waals surface area contributed by atoms with Crippen LogP contribution in [0.4, 0.5) is 0 Å². The summed E-state index contributed by atoms with van der Waals surface area (Å²) in [4.78, 5) is 12.1. The Morgan fingerprint density at radius 3 is 2.64 bits per heavy atom. The normalized spacial score (nSPS) is 23.5. The van der Waals surface area contributed by atoms with Crippen molar-refractivity contribution in [1.29, 1.82) is 0 Å². The molecule has 122 valence electrons. The molecular weight excluding hydrogens is 308 g/mol. The molecule has 22 heavy (non-hydrogen) atoms. The Kier molecular flexibility index (Phi) is 3.96. The number of hydrogen-bond acceptors (Lipinski definition) is 5. The first kappa shape index (κ1) is 15.4. The molecule has 1 unspecified atom stereocenters. The highest BCUT2D eigenvalue weighted by Crippen LogP contribution is 2.37. The zero-order chi connectivity index (χ0) is 15.9. The molecule has 0 spiro atoms. The summed E-state index contributed by atoms with van der Waals surface area (Å²) in [5, 5.41) is 4.25. The number of hydrogen-bond donors (Lipinski definition) is 0. The second-order valence-electron chi connectivity index (χ2n) is 5.64. The maximum absolute atomic E-state index is 12.9. The largest absolute Gasteiger partial charge is 0.468 e. The van der Waals surface area contributed by atoms with Crippen molar-refractivity contribution >= 4 is 16.2 Å². The van der Waals surface area contributed by atoms with Crippen LogP contribution >= 0.6 is 0 Å². The highest BCUT2D eigenvalue weighted by molar-refractivity contribution is 7.86. The maximum atomic E-state index is 12.9. The molecule has 9 heteroatoms. The van der Waals surface area contributed by atoms with Gasteiger partial charge in [0.15, 0.2) is 6.04 Å². The fourth-order valence-corrected chi connectivity index (χ4v) is 4.88. The molecule has 0 bridgehead atoms. The summed E-state index contributed by atoms with van der Waals surface area (Å²) in [5.74, 6) is -0.577. The van der Waals surface area contributed by atoms with Gasteiger partial charge in [0.05, 0.1) is 19.3 Å². The lowest BCUT2D eigenvalue weighted by atomic mass is 10.2. The molecule has 0 amide bonds. The van der Waals surface area contributed by atoms with Gasteiger partial charge in [-0.15, -0.1) is 0 Å². The lowest BCUT2D eigenvalue weighted by Gasteiger charge is -2.32. The number of carbonyl (C=O) groups excluding carboxylic acids is 1. The molecule has 1 fully saturated rings. The molecular formula is C13H20N4O4S. The van der Waals surface area contributed by atoms with Gasteiger partial charge in [-0.1, -0.05) is 6.42 Å². The minimum atomic E-state index is -3.70. The van der Waals surface area contributed by atoms with Gasteiger partial charge in [-0.05, 0) is 12.8 Å². The Morgan fingerprint density at radius 1 is 1.32 bits per heavy atom. The average Bonchev–Trinajstić information content (AvgIpc) is 3.03. The number of methoxy groups -OCH3 is 1. The summed E-state index contributed by atoms with van der Waals surface area (Å²) >= 11 is 0. The van der Waals surface area contributed by atoms with Gasteiger partial charge < -0.3 is 4.74 Å². The average molecular weight is 328 g/mol. The zero-order valence-corrected chi connectivity index (χ0v) is 13.5. The van der Waals surface area contributed by atoms with E-state index in [1.54, 1.807) is 17.9 Å². The van der Waals surface area contributed by atoms with E-state index < -0.39 is 22.2 Å². The highest BCUT2D eigenvalue weighted by atomic mass is 32.2.